The van der Waals surface area contributed by atoms with E-state index in [2.05, 4.69) is 28.2 Å². The molecule has 4 heteroatoms. The van der Waals surface area contributed by atoms with Crippen molar-refractivity contribution in [3.8, 4) is 0 Å². The molecule has 0 aliphatic heterocycles. The summed E-state index contributed by atoms with van der Waals surface area (Å²) in [7, 11) is 1.68. The second kappa shape index (κ2) is 6.99. The van der Waals surface area contributed by atoms with Gasteiger partial charge in [0.15, 0.2) is 0 Å². The van der Waals surface area contributed by atoms with Gasteiger partial charge in [-0.3, -0.25) is 0 Å². The minimum absolute atomic E-state index is 0.171. The first-order valence-electron chi connectivity index (χ1n) is 5.27. The quantitative estimate of drug-likeness (QED) is 0.869. The summed E-state index contributed by atoms with van der Waals surface area (Å²) in [6.07, 6.45) is 0. The number of ether oxygens (including phenoxy) is 1. The van der Waals surface area contributed by atoms with Crippen molar-refractivity contribution in [1.29, 1.82) is 0 Å². The maximum Gasteiger partial charge on any atom is 0.127 e. The van der Waals surface area contributed by atoms with Crippen LogP contribution in [-0.2, 0) is 11.3 Å². The molecule has 0 heterocycles. The summed E-state index contributed by atoms with van der Waals surface area (Å²) >= 11 is 3.33. The number of halogens is 2. The average Bonchev–Trinajstić information content (AvgIpc) is 2.23. The van der Waals surface area contributed by atoms with E-state index >= 15 is 0 Å². The van der Waals surface area contributed by atoms with Crippen LogP contribution in [0.4, 0.5) is 4.39 Å². The zero-order valence-corrected chi connectivity index (χ0v) is 11.2. The highest BCUT2D eigenvalue weighted by Gasteiger charge is 2.04. The molecule has 0 saturated heterocycles. The fourth-order valence-electron chi connectivity index (χ4n) is 1.48. The summed E-state index contributed by atoms with van der Waals surface area (Å²) in [5.74, 6) is 0.260. The molecule has 1 atom stereocenters. The van der Waals surface area contributed by atoms with Crippen LogP contribution in [0.2, 0.25) is 0 Å². The lowest BCUT2D eigenvalue weighted by atomic mass is 10.2. The normalized spacial score (nSPS) is 12.8. The lowest BCUT2D eigenvalue weighted by Crippen LogP contribution is -2.23. The molecule has 1 rings (SSSR count). The van der Waals surface area contributed by atoms with Gasteiger partial charge in [0.25, 0.3) is 0 Å². The SMILES string of the molecule is COCC(C)CNCc1cc(Br)ccc1F. The van der Waals surface area contributed by atoms with Gasteiger partial charge in [0.2, 0.25) is 0 Å². The number of methoxy groups -OCH3 is 1. The minimum Gasteiger partial charge on any atom is -0.384 e. The van der Waals surface area contributed by atoms with Crippen LogP contribution in [0.1, 0.15) is 12.5 Å². The third-order valence-electron chi connectivity index (χ3n) is 2.27. The van der Waals surface area contributed by atoms with Crippen molar-refractivity contribution >= 4 is 15.9 Å². The second-order valence-electron chi connectivity index (χ2n) is 3.93. The van der Waals surface area contributed by atoms with Gasteiger partial charge in [-0.2, -0.15) is 0 Å². The van der Waals surface area contributed by atoms with E-state index < -0.39 is 0 Å². The van der Waals surface area contributed by atoms with E-state index in [1.165, 1.54) is 6.07 Å². The molecular weight excluding hydrogens is 273 g/mol. The van der Waals surface area contributed by atoms with Crippen molar-refractivity contribution in [2.75, 3.05) is 20.3 Å². The van der Waals surface area contributed by atoms with E-state index in [0.717, 1.165) is 11.0 Å². The standard InChI is InChI=1S/C12H17BrFNO/c1-9(8-16-2)6-15-7-10-5-11(13)3-4-12(10)14/h3-5,9,15H,6-8H2,1-2H3. The summed E-state index contributed by atoms with van der Waals surface area (Å²) in [6.45, 7) is 4.17. The molecule has 0 amide bonds. The Kier molecular flexibility index (Phi) is 5.95. The highest BCUT2D eigenvalue weighted by atomic mass is 79.9. The molecule has 1 N–H and O–H groups in total. The molecule has 16 heavy (non-hydrogen) atoms. The van der Waals surface area contributed by atoms with Crippen molar-refractivity contribution in [2.24, 2.45) is 5.92 Å². The molecular formula is C12H17BrFNO. The van der Waals surface area contributed by atoms with E-state index in [1.807, 2.05) is 0 Å². The maximum atomic E-state index is 13.4. The largest absolute Gasteiger partial charge is 0.384 e. The Hall–Kier alpha value is -0.450. The van der Waals surface area contributed by atoms with Crippen molar-refractivity contribution < 1.29 is 9.13 Å². The van der Waals surface area contributed by atoms with Crippen LogP contribution >= 0.6 is 15.9 Å². The van der Waals surface area contributed by atoms with Gasteiger partial charge in [0.05, 0.1) is 0 Å². The van der Waals surface area contributed by atoms with Crippen LogP contribution in [0.3, 0.4) is 0 Å². The van der Waals surface area contributed by atoms with Crippen molar-refractivity contribution in [3.63, 3.8) is 0 Å². The fourth-order valence-corrected chi connectivity index (χ4v) is 1.88. The molecule has 1 unspecified atom stereocenters. The van der Waals surface area contributed by atoms with Gasteiger partial charge in [-0.1, -0.05) is 22.9 Å². The van der Waals surface area contributed by atoms with E-state index in [0.29, 0.717) is 24.6 Å². The first-order chi connectivity index (χ1) is 7.63. The van der Waals surface area contributed by atoms with Crippen LogP contribution in [-0.4, -0.2) is 20.3 Å². The molecule has 0 aliphatic carbocycles. The lowest BCUT2D eigenvalue weighted by molar-refractivity contribution is 0.158. The predicted octanol–water partition coefficient (Wildman–Crippen LogP) is 2.96. The molecule has 0 bridgehead atoms. The Labute approximate surface area is 104 Å². The molecule has 90 valence electrons. The zero-order valence-electron chi connectivity index (χ0n) is 9.59. The molecule has 0 aromatic heterocycles. The molecule has 1 aromatic carbocycles. The summed E-state index contributed by atoms with van der Waals surface area (Å²) in [5.41, 5.74) is 0.680. The Morgan fingerprint density at radius 2 is 2.25 bits per heavy atom. The number of hydrogen-bond acceptors (Lipinski definition) is 2. The predicted molar refractivity (Wildman–Crippen MR) is 66.8 cm³/mol. The van der Waals surface area contributed by atoms with E-state index in [1.54, 1.807) is 19.2 Å². The first kappa shape index (κ1) is 13.6. The fraction of sp³-hybridized carbons (Fsp3) is 0.500. The van der Waals surface area contributed by atoms with Gasteiger partial charge in [-0.05, 0) is 24.1 Å². The number of hydrogen-bond donors (Lipinski definition) is 1. The highest BCUT2D eigenvalue weighted by molar-refractivity contribution is 9.10. The minimum atomic E-state index is -0.171. The number of nitrogens with one attached hydrogen (secondary N) is 1. The van der Waals surface area contributed by atoms with Crippen LogP contribution in [0.25, 0.3) is 0 Å². The summed E-state index contributed by atoms with van der Waals surface area (Å²) in [5, 5.41) is 3.21. The Morgan fingerprint density at radius 3 is 2.94 bits per heavy atom. The van der Waals surface area contributed by atoms with Gasteiger partial charge in [0.1, 0.15) is 5.82 Å². The summed E-state index contributed by atoms with van der Waals surface area (Å²) < 4.78 is 19.3. The smallest absolute Gasteiger partial charge is 0.127 e. The molecule has 0 radical (unpaired) electrons. The van der Waals surface area contributed by atoms with Crippen molar-refractivity contribution in [1.82, 2.24) is 5.32 Å². The number of rotatable bonds is 6. The molecule has 1 aromatic rings. The van der Waals surface area contributed by atoms with Gasteiger partial charge >= 0.3 is 0 Å². The second-order valence-corrected chi connectivity index (χ2v) is 4.84. The average molecular weight is 290 g/mol. The Bertz CT molecular complexity index is 333. The van der Waals surface area contributed by atoms with E-state index in [-0.39, 0.29) is 5.82 Å². The highest BCUT2D eigenvalue weighted by Crippen LogP contribution is 2.15. The van der Waals surface area contributed by atoms with Gasteiger partial charge in [-0.25, -0.2) is 4.39 Å². The van der Waals surface area contributed by atoms with E-state index in [4.69, 9.17) is 4.74 Å². The topological polar surface area (TPSA) is 21.3 Å². The van der Waals surface area contributed by atoms with Gasteiger partial charge in [0, 0.05) is 36.8 Å². The summed E-state index contributed by atoms with van der Waals surface area (Å²) in [6, 6.07) is 4.97. The van der Waals surface area contributed by atoms with Gasteiger partial charge < -0.3 is 10.1 Å². The van der Waals surface area contributed by atoms with Crippen LogP contribution in [0, 0.1) is 11.7 Å². The molecule has 0 spiro atoms. The van der Waals surface area contributed by atoms with Crippen molar-refractivity contribution in [2.45, 2.75) is 13.5 Å². The molecule has 2 nitrogen and oxygen atoms in total. The van der Waals surface area contributed by atoms with Crippen molar-refractivity contribution in [3.05, 3.63) is 34.1 Å². The van der Waals surface area contributed by atoms with Gasteiger partial charge in [-0.15, -0.1) is 0 Å². The maximum absolute atomic E-state index is 13.4. The van der Waals surface area contributed by atoms with Crippen LogP contribution in [0.15, 0.2) is 22.7 Å². The third kappa shape index (κ3) is 4.60. The zero-order chi connectivity index (χ0) is 12.0. The molecule has 0 aliphatic rings. The molecule has 0 saturated carbocycles. The summed E-state index contributed by atoms with van der Waals surface area (Å²) in [4.78, 5) is 0. The third-order valence-corrected chi connectivity index (χ3v) is 2.76. The Morgan fingerprint density at radius 1 is 1.50 bits per heavy atom. The monoisotopic (exact) mass is 289 g/mol. The Balaban J connectivity index is 2.39. The lowest BCUT2D eigenvalue weighted by Gasteiger charge is -2.11. The van der Waals surface area contributed by atoms with E-state index in [9.17, 15) is 4.39 Å². The first-order valence-corrected chi connectivity index (χ1v) is 6.06. The van der Waals surface area contributed by atoms with Crippen LogP contribution < -0.4 is 5.32 Å². The number of benzene rings is 1. The van der Waals surface area contributed by atoms with Crippen LogP contribution in [0.5, 0.6) is 0 Å². The molecule has 0 fully saturated rings.